The van der Waals surface area contributed by atoms with Crippen molar-refractivity contribution in [2.75, 3.05) is 32.0 Å². The van der Waals surface area contributed by atoms with Gasteiger partial charge >= 0.3 is 0 Å². The smallest absolute Gasteiger partial charge is 0.211 e. The molecule has 27 heavy (non-hydrogen) atoms. The molecule has 0 fully saturated rings. The predicted octanol–water partition coefficient (Wildman–Crippen LogP) is 2.40. The van der Waals surface area contributed by atoms with Crippen molar-refractivity contribution in [3.63, 3.8) is 0 Å². The molecule has 0 atom stereocenters. The van der Waals surface area contributed by atoms with Gasteiger partial charge in [0.1, 0.15) is 5.75 Å². The lowest BCUT2D eigenvalue weighted by Gasteiger charge is -2.13. The first-order valence-electron chi connectivity index (χ1n) is 9.13. The van der Waals surface area contributed by atoms with E-state index in [2.05, 4.69) is 27.3 Å². The van der Waals surface area contributed by atoms with E-state index in [9.17, 15) is 8.42 Å². The maximum absolute atomic E-state index is 11.4. The first kappa shape index (κ1) is 25.9. The SMILES string of the molecule is CCCOc1cc(C)ccc1CN=C(NCC)NCCNS(=O)(=O)CC.I. The second-order valence-corrected chi connectivity index (χ2v) is 7.97. The van der Waals surface area contributed by atoms with Crippen LogP contribution in [0.15, 0.2) is 23.2 Å². The third-order valence-electron chi connectivity index (χ3n) is 3.56. The minimum atomic E-state index is -3.17. The summed E-state index contributed by atoms with van der Waals surface area (Å²) in [6, 6.07) is 6.10. The molecule has 1 aromatic rings. The summed E-state index contributed by atoms with van der Waals surface area (Å²) >= 11 is 0. The van der Waals surface area contributed by atoms with Crippen LogP contribution in [0.3, 0.4) is 0 Å². The van der Waals surface area contributed by atoms with Gasteiger partial charge in [-0.15, -0.1) is 24.0 Å². The Labute approximate surface area is 180 Å². The molecule has 0 aliphatic heterocycles. The van der Waals surface area contributed by atoms with Crippen LogP contribution in [0.25, 0.3) is 0 Å². The highest BCUT2D eigenvalue weighted by molar-refractivity contribution is 14.0. The fourth-order valence-corrected chi connectivity index (χ4v) is 2.75. The first-order chi connectivity index (χ1) is 12.4. The highest BCUT2D eigenvalue weighted by Gasteiger charge is 2.06. The maximum Gasteiger partial charge on any atom is 0.211 e. The van der Waals surface area contributed by atoms with Gasteiger partial charge in [0.15, 0.2) is 5.96 Å². The highest BCUT2D eigenvalue weighted by Crippen LogP contribution is 2.21. The lowest BCUT2D eigenvalue weighted by Crippen LogP contribution is -2.41. The molecule has 0 unspecified atom stereocenters. The molecule has 0 radical (unpaired) electrons. The van der Waals surface area contributed by atoms with E-state index in [4.69, 9.17) is 4.74 Å². The Morgan fingerprint density at radius 1 is 1.15 bits per heavy atom. The first-order valence-corrected chi connectivity index (χ1v) is 10.8. The number of aliphatic imine (C=N–C) groups is 1. The van der Waals surface area contributed by atoms with Gasteiger partial charge in [0.25, 0.3) is 0 Å². The number of hydrogen-bond donors (Lipinski definition) is 3. The Hall–Kier alpha value is -1.07. The van der Waals surface area contributed by atoms with E-state index in [-0.39, 0.29) is 29.7 Å². The number of guanidine groups is 1. The molecule has 156 valence electrons. The average Bonchev–Trinajstić information content (AvgIpc) is 2.62. The van der Waals surface area contributed by atoms with Crippen LogP contribution in [0.5, 0.6) is 5.75 Å². The summed E-state index contributed by atoms with van der Waals surface area (Å²) in [5.41, 5.74) is 2.17. The van der Waals surface area contributed by atoms with E-state index >= 15 is 0 Å². The zero-order valence-electron chi connectivity index (χ0n) is 16.7. The molecule has 0 spiro atoms. The molecule has 1 aromatic carbocycles. The summed E-state index contributed by atoms with van der Waals surface area (Å²) in [6.45, 7) is 10.4. The quantitative estimate of drug-likeness (QED) is 0.183. The number of nitrogens with zero attached hydrogens (tertiary/aromatic N) is 1. The van der Waals surface area contributed by atoms with Crippen molar-refractivity contribution in [2.24, 2.45) is 4.99 Å². The van der Waals surface area contributed by atoms with Gasteiger partial charge in [0.05, 0.1) is 18.9 Å². The summed E-state index contributed by atoms with van der Waals surface area (Å²) in [4.78, 5) is 4.57. The summed E-state index contributed by atoms with van der Waals surface area (Å²) in [6.07, 6.45) is 0.953. The molecule has 3 N–H and O–H groups in total. The van der Waals surface area contributed by atoms with Crippen LogP contribution in [0.4, 0.5) is 0 Å². The predicted molar refractivity (Wildman–Crippen MR) is 123 cm³/mol. The maximum atomic E-state index is 11.4. The van der Waals surface area contributed by atoms with Gasteiger partial charge in [-0.2, -0.15) is 0 Å². The summed E-state index contributed by atoms with van der Waals surface area (Å²) in [5.74, 6) is 1.59. The second kappa shape index (κ2) is 14.0. The summed E-state index contributed by atoms with van der Waals surface area (Å²) in [5, 5.41) is 6.29. The molecule has 7 nitrogen and oxygen atoms in total. The molecule has 0 aromatic heterocycles. The van der Waals surface area contributed by atoms with Crippen molar-refractivity contribution >= 4 is 40.0 Å². The monoisotopic (exact) mass is 512 g/mol. The van der Waals surface area contributed by atoms with Crippen molar-refractivity contribution in [3.05, 3.63) is 29.3 Å². The molecule has 0 saturated heterocycles. The summed E-state index contributed by atoms with van der Waals surface area (Å²) in [7, 11) is -3.17. The number of hydrogen-bond acceptors (Lipinski definition) is 4. The Bertz CT molecular complexity index is 681. The second-order valence-electron chi connectivity index (χ2n) is 5.88. The standard InChI is InChI=1S/C18H32N4O3S.HI/c1-5-12-25-17-13-15(4)8-9-16(17)14-21-18(19-6-2)20-10-11-22-26(23,24)7-3;/h8-9,13,22H,5-7,10-12,14H2,1-4H3,(H2,19,20,21);1H. The minimum Gasteiger partial charge on any atom is -0.493 e. The molecule has 1 rings (SSSR count). The highest BCUT2D eigenvalue weighted by atomic mass is 127. The third kappa shape index (κ3) is 10.7. The fourth-order valence-electron chi connectivity index (χ4n) is 2.13. The number of nitrogens with one attached hydrogen (secondary N) is 3. The van der Waals surface area contributed by atoms with Crippen molar-refractivity contribution in [1.82, 2.24) is 15.4 Å². The average molecular weight is 512 g/mol. The van der Waals surface area contributed by atoms with E-state index in [1.54, 1.807) is 6.92 Å². The van der Waals surface area contributed by atoms with E-state index in [0.29, 0.717) is 32.2 Å². The Balaban J connectivity index is 0.00000676. The fraction of sp³-hybridized carbons (Fsp3) is 0.611. The van der Waals surface area contributed by atoms with Crippen molar-refractivity contribution in [3.8, 4) is 5.75 Å². The number of ether oxygens (including phenoxy) is 1. The molecular formula is C18H33IN4O3S. The van der Waals surface area contributed by atoms with Crippen LogP contribution in [0.2, 0.25) is 0 Å². The van der Waals surface area contributed by atoms with Gasteiger partial charge in [0, 0.05) is 25.2 Å². The summed E-state index contributed by atoms with van der Waals surface area (Å²) < 4.78 is 31.2. The Morgan fingerprint density at radius 3 is 2.52 bits per heavy atom. The van der Waals surface area contributed by atoms with Crippen LogP contribution in [-0.4, -0.2) is 46.4 Å². The minimum absolute atomic E-state index is 0. The molecule has 0 heterocycles. The zero-order valence-corrected chi connectivity index (χ0v) is 19.8. The molecule has 0 aliphatic rings. The van der Waals surface area contributed by atoms with Crippen LogP contribution in [-0.2, 0) is 16.6 Å². The van der Waals surface area contributed by atoms with Crippen molar-refractivity contribution in [2.45, 2.75) is 40.7 Å². The topological polar surface area (TPSA) is 91.8 Å². The van der Waals surface area contributed by atoms with E-state index in [1.165, 1.54) is 0 Å². The lowest BCUT2D eigenvalue weighted by atomic mass is 10.1. The molecular weight excluding hydrogens is 479 g/mol. The van der Waals surface area contributed by atoms with E-state index < -0.39 is 10.0 Å². The zero-order chi connectivity index (χ0) is 19.4. The van der Waals surface area contributed by atoms with Crippen molar-refractivity contribution < 1.29 is 13.2 Å². The molecule has 0 aliphatic carbocycles. The van der Waals surface area contributed by atoms with Crippen LogP contribution in [0, 0.1) is 6.92 Å². The van der Waals surface area contributed by atoms with Gasteiger partial charge in [-0.3, -0.25) is 0 Å². The molecule has 9 heteroatoms. The van der Waals surface area contributed by atoms with Crippen LogP contribution in [0.1, 0.15) is 38.3 Å². The Kier molecular flexibility index (Phi) is 13.4. The molecule has 0 saturated carbocycles. The van der Waals surface area contributed by atoms with Crippen molar-refractivity contribution in [1.29, 1.82) is 0 Å². The molecule has 0 bridgehead atoms. The number of rotatable bonds is 11. The van der Waals surface area contributed by atoms with Gasteiger partial charge < -0.3 is 15.4 Å². The van der Waals surface area contributed by atoms with Gasteiger partial charge in [-0.1, -0.05) is 19.1 Å². The number of halogens is 1. The number of aryl methyl sites for hydroxylation is 1. The lowest BCUT2D eigenvalue weighted by molar-refractivity contribution is 0.314. The molecule has 0 amide bonds. The van der Waals surface area contributed by atoms with Crippen LogP contribution >= 0.6 is 24.0 Å². The van der Waals surface area contributed by atoms with E-state index in [0.717, 1.165) is 29.8 Å². The third-order valence-corrected chi connectivity index (χ3v) is 4.96. The van der Waals surface area contributed by atoms with Gasteiger partial charge in [-0.25, -0.2) is 18.1 Å². The normalized spacial score (nSPS) is 11.6. The van der Waals surface area contributed by atoms with E-state index in [1.807, 2.05) is 32.0 Å². The van der Waals surface area contributed by atoms with Gasteiger partial charge in [-0.05, 0) is 38.8 Å². The Morgan fingerprint density at radius 2 is 1.89 bits per heavy atom. The van der Waals surface area contributed by atoms with Crippen LogP contribution < -0.4 is 20.1 Å². The van der Waals surface area contributed by atoms with Gasteiger partial charge in [0.2, 0.25) is 10.0 Å². The number of benzene rings is 1. The number of sulfonamides is 1. The largest absolute Gasteiger partial charge is 0.493 e.